The maximum absolute atomic E-state index is 12.5. The molecule has 5 N–H and O–H groups in total. The van der Waals surface area contributed by atoms with Crippen molar-refractivity contribution < 1.29 is 4.79 Å². The van der Waals surface area contributed by atoms with Crippen molar-refractivity contribution in [2.24, 2.45) is 5.92 Å². The van der Waals surface area contributed by atoms with Gasteiger partial charge in [0.1, 0.15) is 6.04 Å². The number of nitrogens with one attached hydrogen (secondary N) is 5. The SMILES string of the molecule is O=C(NC1CCC2NNCC2C1)C1CC(c2ccccc2)NN1. The average Bonchev–Trinajstić information content (AvgIpc) is 3.24. The topological polar surface area (TPSA) is 77.2 Å². The Morgan fingerprint density at radius 3 is 2.78 bits per heavy atom. The summed E-state index contributed by atoms with van der Waals surface area (Å²) < 4.78 is 0. The highest BCUT2D eigenvalue weighted by molar-refractivity contribution is 5.82. The van der Waals surface area contributed by atoms with Gasteiger partial charge in [-0.2, -0.15) is 0 Å². The highest BCUT2D eigenvalue weighted by atomic mass is 16.2. The molecule has 5 unspecified atom stereocenters. The molecule has 1 amide bonds. The quantitative estimate of drug-likeness (QED) is 0.557. The first-order valence-electron chi connectivity index (χ1n) is 8.64. The second-order valence-electron chi connectivity index (χ2n) is 6.95. The molecule has 23 heavy (non-hydrogen) atoms. The summed E-state index contributed by atoms with van der Waals surface area (Å²) in [6.07, 6.45) is 4.05. The third-order valence-electron chi connectivity index (χ3n) is 5.40. The van der Waals surface area contributed by atoms with Gasteiger partial charge in [-0.1, -0.05) is 30.3 Å². The second kappa shape index (κ2) is 6.57. The Kier molecular flexibility index (Phi) is 4.31. The highest BCUT2D eigenvalue weighted by Crippen LogP contribution is 2.27. The minimum absolute atomic E-state index is 0.123. The van der Waals surface area contributed by atoms with E-state index in [-0.39, 0.29) is 18.0 Å². The van der Waals surface area contributed by atoms with Gasteiger partial charge in [0.2, 0.25) is 5.91 Å². The Balaban J connectivity index is 1.30. The van der Waals surface area contributed by atoms with E-state index in [0.717, 1.165) is 32.2 Å². The predicted molar refractivity (Wildman–Crippen MR) is 88.1 cm³/mol. The van der Waals surface area contributed by atoms with Gasteiger partial charge in [0.15, 0.2) is 0 Å². The van der Waals surface area contributed by atoms with Gasteiger partial charge in [-0.3, -0.25) is 15.6 Å². The monoisotopic (exact) mass is 315 g/mol. The summed E-state index contributed by atoms with van der Waals surface area (Å²) in [5, 5.41) is 3.25. The molecule has 2 aliphatic heterocycles. The van der Waals surface area contributed by atoms with Crippen LogP contribution in [-0.2, 0) is 4.79 Å². The molecule has 0 bridgehead atoms. The molecule has 0 aromatic heterocycles. The fraction of sp³-hybridized carbons (Fsp3) is 0.588. The van der Waals surface area contributed by atoms with Crippen LogP contribution < -0.4 is 27.0 Å². The van der Waals surface area contributed by atoms with Crippen LogP contribution in [-0.4, -0.2) is 30.6 Å². The Labute approximate surface area is 136 Å². The predicted octanol–water partition coefficient (Wildman–Crippen LogP) is 0.356. The molecule has 1 aliphatic carbocycles. The van der Waals surface area contributed by atoms with E-state index in [4.69, 9.17) is 0 Å². The molecule has 3 fully saturated rings. The number of carbonyl (C=O) groups is 1. The van der Waals surface area contributed by atoms with Crippen molar-refractivity contribution >= 4 is 5.91 Å². The normalized spacial score (nSPS) is 36.6. The first-order valence-corrected chi connectivity index (χ1v) is 8.64. The Morgan fingerprint density at radius 2 is 1.91 bits per heavy atom. The third-order valence-corrected chi connectivity index (χ3v) is 5.40. The fourth-order valence-corrected chi connectivity index (χ4v) is 4.07. The van der Waals surface area contributed by atoms with E-state index < -0.39 is 0 Å². The number of carbonyl (C=O) groups excluding carboxylic acids is 1. The van der Waals surface area contributed by atoms with Crippen molar-refractivity contribution in [3.8, 4) is 0 Å². The largest absolute Gasteiger partial charge is 0.352 e. The molecule has 124 valence electrons. The van der Waals surface area contributed by atoms with Crippen LogP contribution in [0.2, 0.25) is 0 Å². The van der Waals surface area contributed by atoms with Crippen molar-refractivity contribution in [1.29, 1.82) is 0 Å². The summed E-state index contributed by atoms with van der Waals surface area (Å²) in [5.74, 6) is 0.763. The minimum atomic E-state index is -0.155. The molecule has 2 saturated heterocycles. The molecular formula is C17H25N5O. The summed E-state index contributed by atoms with van der Waals surface area (Å²) >= 11 is 0. The van der Waals surface area contributed by atoms with Crippen LogP contribution in [0.1, 0.15) is 37.3 Å². The standard InChI is InChI=1S/C17H25N5O/c23-17(19-13-6-7-14-12(8-13)10-18-20-14)16-9-15(21-22-16)11-4-2-1-3-5-11/h1-5,12-16,18,20-22H,6-10H2,(H,19,23). The number of fused-ring (bicyclic) bond motifs is 1. The van der Waals surface area contributed by atoms with Crippen LogP contribution in [0.4, 0.5) is 0 Å². The van der Waals surface area contributed by atoms with E-state index in [1.165, 1.54) is 5.56 Å². The van der Waals surface area contributed by atoms with Crippen LogP contribution in [0.5, 0.6) is 0 Å². The maximum Gasteiger partial charge on any atom is 0.238 e. The summed E-state index contributed by atoms with van der Waals surface area (Å²) in [6.45, 7) is 1.01. The van der Waals surface area contributed by atoms with Crippen molar-refractivity contribution in [1.82, 2.24) is 27.0 Å². The summed E-state index contributed by atoms with van der Waals surface area (Å²) in [6, 6.07) is 11.2. The smallest absolute Gasteiger partial charge is 0.238 e. The first kappa shape index (κ1) is 15.1. The molecule has 6 heteroatoms. The van der Waals surface area contributed by atoms with E-state index in [1.807, 2.05) is 18.2 Å². The lowest BCUT2D eigenvalue weighted by atomic mass is 9.83. The van der Waals surface area contributed by atoms with E-state index >= 15 is 0 Å². The first-order chi connectivity index (χ1) is 11.3. The molecular weight excluding hydrogens is 290 g/mol. The lowest BCUT2D eigenvalue weighted by Crippen LogP contribution is -2.49. The van der Waals surface area contributed by atoms with Gasteiger partial charge in [-0.25, -0.2) is 10.9 Å². The van der Waals surface area contributed by atoms with Crippen LogP contribution >= 0.6 is 0 Å². The summed E-state index contributed by atoms with van der Waals surface area (Å²) in [7, 11) is 0. The van der Waals surface area contributed by atoms with Gasteiger partial charge in [-0.15, -0.1) is 0 Å². The van der Waals surface area contributed by atoms with Gasteiger partial charge in [0, 0.05) is 24.7 Å². The molecule has 0 radical (unpaired) electrons. The third kappa shape index (κ3) is 3.26. The number of hydrogen-bond acceptors (Lipinski definition) is 5. The van der Waals surface area contributed by atoms with E-state index in [2.05, 4.69) is 39.2 Å². The molecule has 0 spiro atoms. The van der Waals surface area contributed by atoms with Crippen LogP contribution in [0, 0.1) is 5.92 Å². The van der Waals surface area contributed by atoms with Gasteiger partial charge in [0.25, 0.3) is 0 Å². The molecule has 1 saturated carbocycles. The molecule has 4 rings (SSSR count). The Morgan fingerprint density at radius 1 is 1.04 bits per heavy atom. The van der Waals surface area contributed by atoms with Crippen molar-refractivity contribution in [2.45, 2.75) is 49.9 Å². The number of rotatable bonds is 3. The fourth-order valence-electron chi connectivity index (χ4n) is 4.07. The van der Waals surface area contributed by atoms with Gasteiger partial charge >= 0.3 is 0 Å². The van der Waals surface area contributed by atoms with Gasteiger partial charge in [0.05, 0.1) is 0 Å². The van der Waals surface area contributed by atoms with Crippen LogP contribution in [0.15, 0.2) is 30.3 Å². The molecule has 1 aromatic rings. The number of amides is 1. The Hall–Kier alpha value is -1.47. The summed E-state index contributed by atoms with van der Waals surface area (Å²) in [5.41, 5.74) is 14.2. The zero-order valence-corrected chi connectivity index (χ0v) is 13.2. The average molecular weight is 315 g/mol. The number of hydrazine groups is 2. The number of benzene rings is 1. The van der Waals surface area contributed by atoms with Crippen molar-refractivity contribution in [3.63, 3.8) is 0 Å². The van der Waals surface area contributed by atoms with Gasteiger partial charge < -0.3 is 5.32 Å². The van der Waals surface area contributed by atoms with Crippen molar-refractivity contribution in [2.75, 3.05) is 6.54 Å². The maximum atomic E-state index is 12.5. The van der Waals surface area contributed by atoms with E-state index in [1.54, 1.807) is 0 Å². The lowest BCUT2D eigenvalue weighted by Gasteiger charge is -2.31. The molecule has 3 aliphatic rings. The van der Waals surface area contributed by atoms with E-state index in [9.17, 15) is 4.79 Å². The molecule has 5 atom stereocenters. The lowest BCUT2D eigenvalue weighted by molar-refractivity contribution is -0.123. The second-order valence-corrected chi connectivity index (χ2v) is 6.95. The number of hydrogen-bond donors (Lipinski definition) is 5. The zero-order chi connectivity index (χ0) is 15.6. The van der Waals surface area contributed by atoms with Crippen LogP contribution in [0.3, 0.4) is 0 Å². The van der Waals surface area contributed by atoms with Gasteiger partial charge in [-0.05, 0) is 37.2 Å². The van der Waals surface area contributed by atoms with Crippen LogP contribution in [0.25, 0.3) is 0 Å². The zero-order valence-electron chi connectivity index (χ0n) is 13.2. The molecule has 6 nitrogen and oxygen atoms in total. The minimum Gasteiger partial charge on any atom is -0.352 e. The molecule has 1 aromatic carbocycles. The Bertz CT molecular complexity index is 551. The summed E-state index contributed by atoms with van der Waals surface area (Å²) in [4.78, 5) is 12.5. The van der Waals surface area contributed by atoms with Crippen molar-refractivity contribution in [3.05, 3.63) is 35.9 Å². The highest BCUT2D eigenvalue weighted by Gasteiger charge is 2.36. The van der Waals surface area contributed by atoms with E-state index in [0.29, 0.717) is 18.0 Å². The molecule has 2 heterocycles.